The molecule has 0 bridgehead atoms. The first kappa shape index (κ1) is 11.7. The summed E-state index contributed by atoms with van der Waals surface area (Å²) in [5.74, 6) is 0. The molecule has 5 heteroatoms. The first-order valence-electron chi connectivity index (χ1n) is 4.85. The Hall–Kier alpha value is -0.420. The number of carbonyl (C=O) groups is 1. The number of alkyl carbamates (subject to hydrolysis) is 1. The minimum absolute atomic E-state index is 0.0719. The van der Waals surface area contributed by atoms with E-state index in [1.165, 1.54) is 0 Å². The fourth-order valence-corrected chi connectivity index (χ4v) is 2.64. The van der Waals surface area contributed by atoms with Gasteiger partial charge in [-0.25, -0.2) is 4.79 Å². The Bertz CT molecular complexity index is 189. The van der Waals surface area contributed by atoms with Crippen LogP contribution in [0, 0.1) is 0 Å². The Kier molecular flexibility index (Phi) is 5.11. The molecule has 4 nitrogen and oxygen atoms in total. The zero-order chi connectivity index (χ0) is 10.4. The van der Waals surface area contributed by atoms with Crippen LogP contribution in [0.15, 0.2) is 0 Å². The van der Waals surface area contributed by atoms with E-state index in [1.807, 2.05) is 0 Å². The largest absolute Gasteiger partial charge is 0.447 e. The highest BCUT2D eigenvalue weighted by atomic mass is 32.2. The maximum absolute atomic E-state index is 11.2. The molecular formula is C9H17NO3S. The lowest BCUT2D eigenvalue weighted by Gasteiger charge is -2.18. The fourth-order valence-electron chi connectivity index (χ4n) is 1.70. The van der Waals surface area contributed by atoms with Crippen LogP contribution < -0.4 is 5.32 Å². The monoisotopic (exact) mass is 219 g/mol. The van der Waals surface area contributed by atoms with Crippen LogP contribution in [0.25, 0.3) is 0 Å². The zero-order valence-corrected chi connectivity index (χ0v) is 9.18. The predicted molar refractivity (Wildman–Crippen MR) is 56.5 cm³/mol. The standard InChI is InChI=1S/C9H17NO3S/c1-14-8-4-2-3-7(8)10-9(12)13-6-5-11/h7-8,11H,2-6H2,1H3,(H,10,12). The van der Waals surface area contributed by atoms with Crippen molar-refractivity contribution >= 4 is 17.9 Å². The van der Waals surface area contributed by atoms with Gasteiger partial charge in [0, 0.05) is 11.3 Å². The van der Waals surface area contributed by atoms with Gasteiger partial charge in [0.15, 0.2) is 0 Å². The molecule has 0 aromatic rings. The molecule has 2 unspecified atom stereocenters. The molecule has 0 saturated heterocycles. The molecule has 2 N–H and O–H groups in total. The van der Waals surface area contributed by atoms with E-state index < -0.39 is 6.09 Å². The molecule has 1 amide bonds. The molecule has 0 spiro atoms. The number of carbonyl (C=O) groups excluding carboxylic acids is 1. The van der Waals surface area contributed by atoms with Crippen molar-refractivity contribution in [3.05, 3.63) is 0 Å². The third-order valence-electron chi connectivity index (χ3n) is 2.38. The number of ether oxygens (including phenoxy) is 1. The van der Waals surface area contributed by atoms with Crippen LogP contribution in [0.3, 0.4) is 0 Å². The Morgan fingerprint density at radius 3 is 3.07 bits per heavy atom. The lowest BCUT2D eigenvalue weighted by atomic mass is 10.2. The van der Waals surface area contributed by atoms with E-state index in [1.54, 1.807) is 11.8 Å². The van der Waals surface area contributed by atoms with Gasteiger partial charge in [-0.1, -0.05) is 6.42 Å². The van der Waals surface area contributed by atoms with Crippen LogP contribution in [0.4, 0.5) is 4.79 Å². The van der Waals surface area contributed by atoms with Gasteiger partial charge < -0.3 is 15.2 Å². The van der Waals surface area contributed by atoms with Crippen LogP contribution in [-0.2, 0) is 4.74 Å². The molecule has 2 atom stereocenters. The molecule has 0 aromatic heterocycles. The number of aliphatic hydroxyl groups excluding tert-OH is 1. The summed E-state index contributed by atoms with van der Waals surface area (Å²) in [6, 6.07) is 0.233. The maximum atomic E-state index is 11.2. The van der Waals surface area contributed by atoms with Gasteiger partial charge in [-0.3, -0.25) is 0 Å². The predicted octanol–water partition coefficient (Wildman–Crippen LogP) is 0.989. The SMILES string of the molecule is CSC1CCCC1NC(=O)OCCO. The highest BCUT2D eigenvalue weighted by molar-refractivity contribution is 7.99. The van der Waals surface area contributed by atoms with E-state index in [-0.39, 0.29) is 19.3 Å². The number of thioether (sulfide) groups is 1. The minimum atomic E-state index is -0.412. The van der Waals surface area contributed by atoms with Gasteiger partial charge in [-0.15, -0.1) is 0 Å². The first-order chi connectivity index (χ1) is 6.77. The Morgan fingerprint density at radius 2 is 2.43 bits per heavy atom. The smallest absolute Gasteiger partial charge is 0.407 e. The van der Waals surface area contributed by atoms with E-state index in [0.717, 1.165) is 19.3 Å². The van der Waals surface area contributed by atoms with Gasteiger partial charge in [-0.2, -0.15) is 11.8 Å². The van der Waals surface area contributed by atoms with E-state index in [4.69, 9.17) is 9.84 Å². The third kappa shape index (κ3) is 3.38. The average molecular weight is 219 g/mol. The van der Waals surface area contributed by atoms with Gasteiger partial charge >= 0.3 is 6.09 Å². The Balaban J connectivity index is 2.25. The molecule has 82 valence electrons. The third-order valence-corrected chi connectivity index (χ3v) is 3.55. The van der Waals surface area contributed by atoms with Crippen molar-refractivity contribution in [1.29, 1.82) is 0 Å². The summed E-state index contributed by atoms with van der Waals surface area (Å²) in [5.41, 5.74) is 0. The van der Waals surface area contributed by atoms with E-state index in [9.17, 15) is 4.79 Å². The lowest BCUT2D eigenvalue weighted by Crippen LogP contribution is -2.39. The summed E-state index contributed by atoms with van der Waals surface area (Å²) in [5, 5.41) is 11.8. The van der Waals surface area contributed by atoms with Gasteiger partial charge in [0.05, 0.1) is 6.61 Å². The second-order valence-electron chi connectivity index (χ2n) is 3.32. The van der Waals surface area contributed by atoms with Crippen LogP contribution in [0.2, 0.25) is 0 Å². The summed E-state index contributed by atoms with van der Waals surface area (Å²) < 4.78 is 4.74. The normalized spacial score (nSPS) is 26.1. The maximum Gasteiger partial charge on any atom is 0.407 e. The molecule has 0 aliphatic heterocycles. The highest BCUT2D eigenvalue weighted by Crippen LogP contribution is 2.28. The van der Waals surface area contributed by atoms with Crippen molar-refractivity contribution in [2.75, 3.05) is 19.5 Å². The zero-order valence-electron chi connectivity index (χ0n) is 8.36. The Labute approximate surface area is 88.4 Å². The van der Waals surface area contributed by atoms with E-state index >= 15 is 0 Å². The Morgan fingerprint density at radius 1 is 1.64 bits per heavy atom. The van der Waals surface area contributed by atoms with Gasteiger partial charge in [0.2, 0.25) is 0 Å². The molecule has 1 aliphatic carbocycles. The number of hydrogen-bond acceptors (Lipinski definition) is 4. The summed E-state index contributed by atoms with van der Waals surface area (Å²) in [6.45, 7) is -0.0491. The number of aliphatic hydroxyl groups is 1. The van der Waals surface area contributed by atoms with E-state index in [2.05, 4.69) is 11.6 Å². The number of nitrogens with one attached hydrogen (secondary N) is 1. The van der Waals surface area contributed by atoms with Crippen molar-refractivity contribution in [2.24, 2.45) is 0 Å². The highest BCUT2D eigenvalue weighted by Gasteiger charge is 2.27. The molecule has 0 aromatic carbocycles. The van der Waals surface area contributed by atoms with Crippen molar-refractivity contribution in [3.8, 4) is 0 Å². The molecule has 1 fully saturated rings. The fraction of sp³-hybridized carbons (Fsp3) is 0.889. The topological polar surface area (TPSA) is 58.6 Å². The van der Waals surface area contributed by atoms with Crippen LogP contribution in [-0.4, -0.2) is 42.0 Å². The van der Waals surface area contributed by atoms with Crippen LogP contribution in [0.5, 0.6) is 0 Å². The van der Waals surface area contributed by atoms with Crippen LogP contribution >= 0.6 is 11.8 Å². The second-order valence-corrected chi connectivity index (χ2v) is 4.39. The molecule has 1 rings (SSSR count). The molecule has 0 heterocycles. The van der Waals surface area contributed by atoms with Crippen molar-refractivity contribution < 1.29 is 14.6 Å². The molecule has 1 saturated carbocycles. The molecular weight excluding hydrogens is 202 g/mol. The van der Waals surface area contributed by atoms with Gasteiger partial charge in [0.1, 0.15) is 6.61 Å². The minimum Gasteiger partial charge on any atom is -0.447 e. The first-order valence-corrected chi connectivity index (χ1v) is 6.13. The molecule has 0 radical (unpaired) electrons. The summed E-state index contributed by atoms with van der Waals surface area (Å²) in [7, 11) is 0. The average Bonchev–Trinajstić information content (AvgIpc) is 2.62. The summed E-state index contributed by atoms with van der Waals surface area (Å²) in [6.07, 6.45) is 5.00. The van der Waals surface area contributed by atoms with E-state index in [0.29, 0.717) is 5.25 Å². The summed E-state index contributed by atoms with van der Waals surface area (Å²) in [4.78, 5) is 11.2. The lowest BCUT2D eigenvalue weighted by molar-refractivity contribution is 0.116. The summed E-state index contributed by atoms with van der Waals surface area (Å²) >= 11 is 1.79. The van der Waals surface area contributed by atoms with Gasteiger partial charge in [-0.05, 0) is 19.1 Å². The second kappa shape index (κ2) is 6.14. The molecule has 1 aliphatic rings. The number of hydrogen-bond donors (Lipinski definition) is 2. The molecule has 14 heavy (non-hydrogen) atoms. The van der Waals surface area contributed by atoms with Crippen molar-refractivity contribution in [3.63, 3.8) is 0 Å². The van der Waals surface area contributed by atoms with Gasteiger partial charge in [0.25, 0.3) is 0 Å². The van der Waals surface area contributed by atoms with Crippen LogP contribution in [0.1, 0.15) is 19.3 Å². The number of rotatable bonds is 4. The quantitative estimate of drug-likeness (QED) is 0.740. The van der Waals surface area contributed by atoms with Crippen molar-refractivity contribution in [2.45, 2.75) is 30.6 Å². The van der Waals surface area contributed by atoms with Crippen molar-refractivity contribution in [1.82, 2.24) is 5.32 Å². The number of amides is 1.